The number of hydrogen-bond donors (Lipinski definition) is 1. The number of rotatable bonds is 4. The van der Waals surface area contributed by atoms with E-state index in [0.29, 0.717) is 6.04 Å². The van der Waals surface area contributed by atoms with E-state index in [9.17, 15) is 0 Å². The van der Waals surface area contributed by atoms with Crippen molar-refractivity contribution in [3.05, 3.63) is 28.8 Å². The first-order valence-corrected chi connectivity index (χ1v) is 6.85. The van der Waals surface area contributed by atoms with Crippen LogP contribution in [0.5, 0.6) is 5.75 Å². The van der Waals surface area contributed by atoms with Crippen LogP contribution in [0.2, 0.25) is 5.02 Å². The van der Waals surface area contributed by atoms with Crippen LogP contribution in [-0.4, -0.2) is 44.2 Å². The van der Waals surface area contributed by atoms with Crippen molar-refractivity contribution < 1.29 is 4.74 Å². The maximum absolute atomic E-state index is 6.04. The van der Waals surface area contributed by atoms with Gasteiger partial charge in [0.1, 0.15) is 5.75 Å². The molecule has 0 saturated carbocycles. The summed E-state index contributed by atoms with van der Waals surface area (Å²) in [5.74, 6) is 0.933. The molecule has 1 aliphatic heterocycles. The average molecular weight is 269 g/mol. The molecule has 1 N–H and O–H groups in total. The van der Waals surface area contributed by atoms with Gasteiger partial charge in [-0.25, -0.2) is 0 Å². The van der Waals surface area contributed by atoms with Crippen molar-refractivity contribution in [3.63, 3.8) is 0 Å². The van der Waals surface area contributed by atoms with Gasteiger partial charge in [-0.2, -0.15) is 0 Å². The van der Waals surface area contributed by atoms with Crippen LogP contribution in [0.25, 0.3) is 0 Å². The Hall–Kier alpha value is -0.770. The van der Waals surface area contributed by atoms with Gasteiger partial charge in [-0.3, -0.25) is 4.90 Å². The molecule has 1 aromatic rings. The second-order valence-electron chi connectivity index (χ2n) is 4.80. The van der Waals surface area contributed by atoms with Crippen LogP contribution in [0.1, 0.15) is 12.5 Å². The molecule has 100 valence electrons. The third-order valence-corrected chi connectivity index (χ3v) is 3.78. The predicted octanol–water partition coefficient (Wildman–Crippen LogP) is 2.18. The highest BCUT2D eigenvalue weighted by Crippen LogP contribution is 2.23. The van der Waals surface area contributed by atoms with Crippen molar-refractivity contribution in [3.8, 4) is 5.75 Å². The summed E-state index contributed by atoms with van der Waals surface area (Å²) in [6.45, 7) is 6.59. The van der Waals surface area contributed by atoms with Crippen molar-refractivity contribution in [2.24, 2.45) is 0 Å². The van der Waals surface area contributed by atoms with E-state index in [2.05, 4.69) is 17.1 Å². The summed E-state index contributed by atoms with van der Waals surface area (Å²) >= 11 is 6.04. The van der Waals surface area contributed by atoms with Gasteiger partial charge >= 0.3 is 0 Å². The van der Waals surface area contributed by atoms with Gasteiger partial charge in [0.2, 0.25) is 0 Å². The minimum atomic E-state index is 0.601. The molecule has 1 heterocycles. The molecule has 0 bridgehead atoms. The quantitative estimate of drug-likeness (QED) is 0.906. The van der Waals surface area contributed by atoms with Gasteiger partial charge in [0, 0.05) is 37.2 Å². The fraction of sp³-hybridized carbons (Fsp3) is 0.571. The highest BCUT2D eigenvalue weighted by Gasteiger charge is 2.17. The number of ether oxygens (including phenoxy) is 1. The molecule has 1 aromatic carbocycles. The molecule has 0 amide bonds. The highest BCUT2D eigenvalue weighted by atomic mass is 35.5. The van der Waals surface area contributed by atoms with Crippen molar-refractivity contribution in [2.45, 2.75) is 19.4 Å². The Labute approximate surface area is 114 Å². The van der Waals surface area contributed by atoms with Crippen molar-refractivity contribution in [1.82, 2.24) is 10.2 Å². The summed E-state index contributed by atoms with van der Waals surface area (Å²) in [7, 11) is 1.71. The van der Waals surface area contributed by atoms with Gasteiger partial charge in [-0.1, -0.05) is 11.6 Å². The first kappa shape index (κ1) is 13.7. The van der Waals surface area contributed by atoms with E-state index in [1.54, 1.807) is 7.11 Å². The molecular weight excluding hydrogens is 248 g/mol. The third-order valence-electron chi connectivity index (χ3n) is 3.55. The molecule has 0 spiro atoms. The molecule has 2 rings (SSSR count). The maximum Gasteiger partial charge on any atom is 0.122 e. The normalized spacial score (nSPS) is 20.9. The average Bonchev–Trinajstić information content (AvgIpc) is 2.38. The first-order valence-electron chi connectivity index (χ1n) is 6.48. The van der Waals surface area contributed by atoms with E-state index in [-0.39, 0.29) is 0 Å². The number of piperazine rings is 1. The van der Waals surface area contributed by atoms with Crippen LogP contribution in [0.3, 0.4) is 0 Å². The molecule has 1 unspecified atom stereocenters. The molecule has 1 aliphatic rings. The monoisotopic (exact) mass is 268 g/mol. The molecule has 4 heteroatoms. The summed E-state index contributed by atoms with van der Waals surface area (Å²) in [5.41, 5.74) is 1.19. The van der Waals surface area contributed by atoms with Crippen LogP contribution in [0.4, 0.5) is 0 Å². The molecule has 3 nitrogen and oxygen atoms in total. The van der Waals surface area contributed by atoms with Gasteiger partial charge in [0.15, 0.2) is 0 Å². The molecule has 18 heavy (non-hydrogen) atoms. The Balaban J connectivity index is 1.98. The van der Waals surface area contributed by atoms with Gasteiger partial charge in [-0.05, 0) is 37.1 Å². The van der Waals surface area contributed by atoms with Crippen LogP contribution in [0.15, 0.2) is 18.2 Å². The Morgan fingerprint density at radius 1 is 1.50 bits per heavy atom. The molecule has 1 fully saturated rings. The number of nitrogens with one attached hydrogen (secondary N) is 1. The van der Waals surface area contributed by atoms with Crippen molar-refractivity contribution >= 4 is 11.6 Å². The van der Waals surface area contributed by atoms with Gasteiger partial charge in [0.05, 0.1) is 7.11 Å². The molecular formula is C14H21ClN2O. The fourth-order valence-corrected chi connectivity index (χ4v) is 2.62. The minimum Gasteiger partial charge on any atom is -0.496 e. The van der Waals surface area contributed by atoms with E-state index >= 15 is 0 Å². The van der Waals surface area contributed by atoms with Crippen molar-refractivity contribution in [2.75, 3.05) is 33.3 Å². The lowest BCUT2D eigenvalue weighted by atomic mass is 10.1. The van der Waals surface area contributed by atoms with E-state index in [1.165, 1.54) is 5.56 Å². The summed E-state index contributed by atoms with van der Waals surface area (Å²) in [5, 5.41) is 4.18. The second kappa shape index (κ2) is 6.41. The highest BCUT2D eigenvalue weighted by molar-refractivity contribution is 6.30. The molecule has 1 saturated heterocycles. The Bertz CT molecular complexity index is 397. The predicted molar refractivity (Wildman–Crippen MR) is 75.6 cm³/mol. The first-order chi connectivity index (χ1) is 8.70. The molecule has 0 aromatic heterocycles. The molecule has 0 aliphatic carbocycles. The summed E-state index contributed by atoms with van der Waals surface area (Å²) < 4.78 is 5.38. The number of methoxy groups -OCH3 is 1. The Morgan fingerprint density at radius 3 is 3.06 bits per heavy atom. The topological polar surface area (TPSA) is 24.5 Å². The van der Waals surface area contributed by atoms with Crippen LogP contribution in [0, 0.1) is 0 Å². The fourth-order valence-electron chi connectivity index (χ4n) is 2.42. The van der Waals surface area contributed by atoms with E-state index in [4.69, 9.17) is 16.3 Å². The number of halogens is 1. The van der Waals surface area contributed by atoms with Gasteiger partial charge in [0.25, 0.3) is 0 Å². The van der Waals surface area contributed by atoms with Crippen LogP contribution >= 0.6 is 11.6 Å². The van der Waals surface area contributed by atoms with Crippen molar-refractivity contribution in [1.29, 1.82) is 0 Å². The second-order valence-corrected chi connectivity index (χ2v) is 5.23. The zero-order valence-electron chi connectivity index (χ0n) is 11.1. The number of nitrogens with zero attached hydrogens (tertiary/aromatic N) is 1. The zero-order chi connectivity index (χ0) is 13.0. The smallest absolute Gasteiger partial charge is 0.122 e. The van der Waals surface area contributed by atoms with Crippen LogP contribution < -0.4 is 10.1 Å². The molecule has 1 atom stereocenters. The lowest BCUT2D eigenvalue weighted by Gasteiger charge is -2.33. The molecule has 0 radical (unpaired) electrons. The summed E-state index contributed by atoms with van der Waals surface area (Å²) in [6, 6.07) is 6.42. The number of benzene rings is 1. The van der Waals surface area contributed by atoms with E-state index in [1.807, 2.05) is 18.2 Å². The SMILES string of the molecule is COc1ccc(Cl)cc1CCN1CCNCC1C. The van der Waals surface area contributed by atoms with Gasteiger partial charge in [-0.15, -0.1) is 0 Å². The number of hydrogen-bond acceptors (Lipinski definition) is 3. The van der Waals surface area contributed by atoms with E-state index < -0.39 is 0 Å². The Kier molecular flexibility index (Phi) is 4.87. The Morgan fingerprint density at radius 2 is 2.33 bits per heavy atom. The standard InChI is InChI=1S/C14H21ClN2O/c1-11-10-16-6-8-17(11)7-5-12-9-13(15)3-4-14(12)18-2/h3-4,9,11,16H,5-8,10H2,1-2H3. The third kappa shape index (κ3) is 3.37. The lowest BCUT2D eigenvalue weighted by Crippen LogP contribution is -2.50. The summed E-state index contributed by atoms with van der Waals surface area (Å²) in [4.78, 5) is 2.51. The van der Waals surface area contributed by atoms with E-state index in [0.717, 1.165) is 43.4 Å². The summed E-state index contributed by atoms with van der Waals surface area (Å²) in [6.07, 6.45) is 0.980. The van der Waals surface area contributed by atoms with Crippen LogP contribution in [-0.2, 0) is 6.42 Å². The lowest BCUT2D eigenvalue weighted by molar-refractivity contribution is 0.175. The zero-order valence-corrected chi connectivity index (χ0v) is 11.8. The van der Waals surface area contributed by atoms with Gasteiger partial charge < -0.3 is 10.1 Å². The maximum atomic E-state index is 6.04. The largest absolute Gasteiger partial charge is 0.496 e. The minimum absolute atomic E-state index is 0.601.